The van der Waals surface area contributed by atoms with Gasteiger partial charge in [-0.3, -0.25) is 14.4 Å². The van der Waals surface area contributed by atoms with Gasteiger partial charge in [-0.2, -0.15) is 5.10 Å². The number of hydrogen-bond acceptors (Lipinski definition) is 3. The highest BCUT2D eigenvalue weighted by Gasteiger charge is 2.26. The molecule has 0 spiro atoms. The number of aromatic nitrogens is 2. The number of aryl methyl sites for hydroxylation is 2. The molecule has 1 atom stereocenters. The summed E-state index contributed by atoms with van der Waals surface area (Å²) in [5.41, 5.74) is 3.66. The Kier molecular flexibility index (Phi) is 5.00. The maximum atomic E-state index is 12.7. The van der Waals surface area contributed by atoms with Gasteiger partial charge in [0.1, 0.15) is 6.04 Å². The summed E-state index contributed by atoms with van der Waals surface area (Å²) in [6.07, 6.45) is 1.75. The lowest BCUT2D eigenvalue weighted by Gasteiger charge is -2.36. The van der Waals surface area contributed by atoms with Crippen LogP contribution in [0.25, 0.3) is 0 Å². The molecule has 2 aromatic rings. The molecular weight excluding hydrogens is 300 g/mol. The Morgan fingerprint density at radius 1 is 1.17 bits per heavy atom. The van der Waals surface area contributed by atoms with Crippen molar-refractivity contribution in [3.8, 4) is 0 Å². The zero-order valence-electron chi connectivity index (χ0n) is 14.8. The van der Waals surface area contributed by atoms with Crippen molar-refractivity contribution in [2.45, 2.75) is 33.4 Å². The maximum absolute atomic E-state index is 12.7. The number of carbonyl (C=O) groups is 1. The smallest absolute Gasteiger partial charge is 0.247 e. The average molecular weight is 326 g/mol. The first kappa shape index (κ1) is 16.7. The second-order valence-corrected chi connectivity index (χ2v) is 6.68. The monoisotopic (exact) mass is 326 g/mol. The number of rotatable bonds is 4. The average Bonchev–Trinajstić information content (AvgIpc) is 3.00. The molecule has 1 amide bonds. The summed E-state index contributed by atoms with van der Waals surface area (Å²) in [4.78, 5) is 17.1. The van der Waals surface area contributed by atoms with E-state index in [4.69, 9.17) is 0 Å². The molecule has 0 N–H and O–H groups in total. The molecule has 0 radical (unpaired) electrons. The van der Waals surface area contributed by atoms with E-state index in [2.05, 4.69) is 41.2 Å². The van der Waals surface area contributed by atoms with Gasteiger partial charge in [0.25, 0.3) is 0 Å². The van der Waals surface area contributed by atoms with E-state index in [1.54, 1.807) is 10.9 Å². The minimum atomic E-state index is -0.233. The molecular formula is C19H26N4O. The molecule has 24 heavy (non-hydrogen) atoms. The van der Waals surface area contributed by atoms with Crippen LogP contribution < -0.4 is 0 Å². The lowest BCUT2D eigenvalue weighted by atomic mass is 10.1. The number of nitrogens with zero attached hydrogens (tertiary/aromatic N) is 4. The van der Waals surface area contributed by atoms with Crippen molar-refractivity contribution < 1.29 is 4.79 Å². The van der Waals surface area contributed by atoms with Crippen molar-refractivity contribution in [1.29, 1.82) is 0 Å². The molecule has 128 valence electrons. The number of amides is 1. The highest BCUT2D eigenvalue weighted by atomic mass is 16.2. The molecule has 0 aliphatic carbocycles. The summed E-state index contributed by atoms with van der Waals surface area (Å²) in [6, 6.07) is 10.3. The summed E-state index contributed by atoms with van der Waals surface area (Å²) < 4.78 is 1.81. The van der Waals surface area contributed by atoms with Gasteiger partial charge in [0, 0.05) is 44.6 Å². The zero-order chi connectivity index (χ0) is 17.1. The molecule has 3 rings (SSSR count). The maximum Gasteiger partial charge on any atom is 0.247 e. The van der Waals surface area contributed by atoms with Gasteiger partial charge in [-0.05, 0) is 32.4 Å². The molecule has 1 aromatic carbocycles. The topological polar surface area (TPSA) is 41.4 Å². The zero-order valence-corrected chi connectivity index (χ0v) is 14.8. The summed E-state index contributed by atoms with van der Waals surface area (Å²) in [5.74, 6) is 0.164. The Hall–Kier alpha value is -2.14. The van der Waals surface area contributed by atoms with Crippen LogP contribution in [0.15, 0.2) is 36.5 Å². The van der Waals surface area contributed by atoms with E-state index in [1.807, 2.05) is 24.8 Å². The fourth-order valence-electron chi connectivity index (χ4n) is 3.35. The first-order chi connectivity index (χ1) is 11.5. The van der Waals surface area contributed by atoms with Gasteiger partial charge in [-0.25, -0.2) is 0 Å². The van der Waals surface area contributed by atoms with Gasteiger partial charge in [0.2, 0.25) is 5.91 Å². The highest BCUT2D eigenvalue weighted by Crippen LogP contribution is 2.15. The van der Waals surface area contributed by atoms with E-state index >= 15 is 0 Å². The Bertz CT molecular complexity index is 701. The van der Waals surface area contributed by atoms with Crippen molar-refractivity contribution >= 4 is 5.91 Å². The van der Waals surface area contributed by atoms with Gasteiger partial charge in [0.05, 0.1) is 0 Å². The largest absolute Gasteiger partial charge is 0.338 e. The van der Waals surface area contributed by atoms with Crippen LogP contribution in [0.1, 0.15) is 29.8 Å². The van der Waals surface area contributed by atoms with Gasteiger partial charge in [0.15, 0.2) is 0 Å². The Balaban J connectivity index is 1.55. The van der Waals surface area contributed by atoms with Gasteiger partial charge in [-0.1, -0.05) is 29.8 Å². The minimum Gasteiger partial charge on any atom is -0.338 e. The first-order valence-corrected chi connectivity index (χ1v) is 8.61. The second kappa shape index (κ2) is 7.18. The quantitative estimate of drug-likeness (QED) is 0.866. The molecule has 0 bridgehead atoms. The van der Waals surface area contributed by atoms with E-state index < -0.39 is 0 Å². The van der Waals surface area contributed by atoms with Crippen LogP contribution in [0.4, 0.5) is 0 Å². The number of piperazine rings is 1. The molecule has 1 fully saturated rings. The summed E-state index contributed by atoms with van der Waals surface area (Å²) in [6.45, 7) is 10.4. The molecule has 2 heterocycles. The van der Waals surface area contributed by atoms with Crippen molar-refractivity contribution in [2.24, 2.45) is 0 Å². The fourth-order valence-corrected chi connectivity index (χ4v) is 3.35. The molecule has 1 aromatic heterocycles. The third-order valence-corrected chi connectivity index (χ3v) is 4.77. The van der Waals surface area contributed by atoms with Gasteiger partial charge in [-0.15, -0.1) is 0 Å². The standard InChI is InChI=1S/C19H26N4O/c1-15-5-4-6-18(13-15)14-21-9-11-22(12-10-21)19(24)17(3)23-16(2)7-8-20-23/h4-8,13,17H,9-12,14H2,1-3H3. The molecule has 5 nitrogen and oxygen atoms in total. The minimum absolute atomic E-state index is 0.164. The van der Waals surface area contributed by atoms with Crippen molar-refractivity contribution in [1.82, 2.24) is 19.6 Å². The third kappa shape index (κ3) is 3.67. The van der Waals surface area contributed by atoms with Crippen LogP contribution in [-0.2, 0) is 11.3 Å². The van der Waals surface area contributed by atoms with Crippen LogP contribution in [0.5, 0.6) is 0 Å². The molecule has 1 aliphatic heterocycles. The van der Waals surface area contributed by atoms with Crippen molar-refractivity contribution in [3.05, 3.63) is 53.3 Å². The lowest BCUT2D eigenvalue weighted by Crippen LogP contribution is -2.50. The Morgan fingerprint density at radius 3 is 2.54 bits per heavy atom. The Labute approximate surface area is 143 Å². The van der Waals surface area contributed by atoms with Gasteiger partial charge >= 0.3 is 0 Å². The number of hydrogen-bond donors (Lipinski definition) is 0. The summed E-state index contributed by atoms with van der Waals surface area (Å²) in [5, 5.41) is 4.27. The normalized spacial score (nSPS) is 17.0. The van der Waals surface area contributed by atoms with Crippen LogP contribution in [0.2, 0.25) is 0 Å². The Morgan fingerprint density at radius 2 is 1.92 bits per heavy atom. The molecule has 1 saturated heterocycles. The highest BCUT2D eigenvalue weighted by molar-refractivity contribution is 5.80. The number of carbonyl (C=O) groups excluding carboxylic acids is 1. The molecule has 5 heteroatoms. The molecule has 0 saturated carbocycles. The second-order valence-electron chi connectivity index (χ2n) is 6.68. The molecule has 1 unspecified atom stereocenters. The van der Waals surface area contributed by atoms with E-state index in [0.717, 1.165) is 38.4 Å². The summed E-state index contributed by atoms with van der Waals surface area (Å²) >= 11 is 0. The predicted octanol–water partition coefficient (Wildman–Crippen LogP) is 2.41. The predicted molar refractivity (Wildman–Crippen MR) is 94.7 cm³/mol. The fraction of sp³-hybridized carbons (Fsp3) is 0.474. The molecule has 1 aliphatic rings. The van der Waals surface area contributed by atoms with E-state index in [0.29, 0.717) is 0 Å². The van der Waals surface area contributed by atoms with Crippen LogP contribution >= 0.6 is 0 Å². The SMILES string of the molecule is Cc1cccc(CN2CCN(C(=O)C(C)n3nccc3C)CC2)c1. The van der Waals surface area contributed by atoms with Crippen molar-refractivity contribution in [2.75, 3.05) is 26.2 Å². The van der Waals surface area contributed by atoms with E-state index in [-0.39, 0.29) is 11.9 Å². The van der Waals surface area contributed by atoms with Crippen LogP contribution in [-0.4, -0.2) is 51.7 Å². The lowest BCUT2D eigenvalue weighted by molar-refractivity contribution is -0.136. The van der Waals surface area contributed by atoms with Crippen LogP contribution in [0.3, 0.4) is 0 Å². The van der Waals surface area contributed by atoms with E-state index in [1.165, 1.54) is 11.1 Å². The van der Waals surface area contributed by atoms with Gasteiger partial charge < -0.3 is 4.90 Å². The van der Waals surface area contributed by atoms with Crippen LogP contribution in [0, 0.1) is 13.8 Å². The van der Waals surface area contributed by atoms with Crippen molar-refractivity contribution in [3.63, 3.8) is 0 Å². The third-order valence-electron chi connectivity index (χ3n) is 4.77. The number of benzene rings is 1. The first-order valence-electron chi connectivity index (χ1n) is 8.61. The van der Waals surface area contributed by atoms with E-state index in [9.17, 15) is 4.79 Å². The summed E-state index contributed by atoms with van der Waals surface area (Å²) in [7, 11) is 0.